The van der Waals surface area contributed by atoms with E-state index in [0.717, 1.165) is 0 Å². The molecule has 0 unspecified atom stereocenters. The molecular formula is C17H21NO5S2. The average molecular weight is 383 g/mol. The highest BCUT2D eigenvalue weighted by molar-refractivity contribution is 8.02. The number of amides is 1. The van der Waals surface area contributed by atoms with Crippen molar-refractivity contribution in [3.05, 3.63) is 42.5 Å². The van der Waals surface area contributed by atoms with Crippen molar-refractivity contribution >= 4 is 33.5 Å². The minimum Gasteiger partial charge on any atom is -0.449 e. The van der Waals surface area contributed by atoms with Crippen LogP contribution in [0.15, 0.2) is 41.8 Å². The minimum atomic E-state index is -2.99. The van der Waals surface area contributed by atoms with Crippen LogP contribution in [0.4, 0.5) is 0 Å². The van der Waals surface area contributed by atoms with Crippen molar-refractivity contribution < 1.29 is 22.7 Å². The first-order valence-electron chi connectivity index (χ1n) is 7.88. The van der Waals surface area contributed by atoms with Gasteiger partial charge in [-0.15, -0.1) is 18.3 Å². The van der Waals surface area contributed by atoms with Crippen molar-refractivity contribution in [2.75, 3.05) is 18.1 Å². The first kappa shape index (κ1) is 19.5. The van der Waals surface area contributed by atoms with E-state index in [1.807, 2.05) is 0 Å². The summed E-state index contributed by atoms with van der Waals surface area (Å²) in [7, 11) is -2.99. The Kier molecular flexibility index (Phi) is 6.66. The lowest BCUT2D eigenvalue weighted by atomic mass is 10.2. The highest BCUT2D eigenvalue weighted by Crippen LogP contribution is 2.33. The topological polar surface area (TPSA) is 89.5 Å². The van der Waals surface area contributed by atoms with E-state index in [-0.39, 0.29) is 16.8 Å². The quantitative estimate of drug-likeness (QED) is 0.571. The molecule has 0 bridgehead atoms. The molecule has 136 valence electrons. The van der Waals surface area contributed by atoms with Crippen LogP contribution < -0.4 is 5.32 Å². The maximum Gasteiger partial charge on any atom is 0.340 e. The highest BCUT2D eigenvalue weighted by atomic mass is 32.2. The Bertz CT molecular complexity index is 760. The molecule has 2 atom stereocenters. The predicted molar refractivity (Wildman–Crippen MR) is 97.4 cm³/mol. The molecule has 8 heteroatoms. The van der Waals surface area contributed by atoms with Gasteiger partial charge in [0.2, 0.25) is 0 Å². The molecule has 1 fully saturated rings. The van der Waals surface area contributed by atoms with Gasteiger partial charge in [0.15, 0.2) is 15.9 Å². The molecule has 1 N–H and O–H groups in total. The van der Waals surface area contributed by atoms with Crippen LogP contribution in [0.3, 0.4) is 0 Å². The largest absolute Gasteiger partial charge is 0.449 e. The summed E-state index contributed by atoms with van der Waals surface area (Å²) in [5, 5.41) is 2.49. The lowest BCUT2D eigenvalue weighted by molar-refractivity contribution is -0.128. The van der Waals surface area contributed by atoms with Gasteiger partial charge in [0.25, 0.3) is 5.91 Å². The lowest BCUT2D eigenvalue weighted by Gasteiger charge is -2.15. The van der Waals surface area contributed by atoms with E-state index in [4.69, 9.17) is 4.74 Å². The van der Waals surface area contributed by atoms with Gasteiger partial charge in [-0.05, 0) is 25.5 Å². The number of sulfone groups is 1. The molecule has 0 aliphatic carbocycles. The summed E-state index contributed by atoms with van der Waals surface area (Å²) in [5.74, 6) is -0.718. The Morgan fingerprint density at radius 3 is 2.80 bits per heavy atom. The van der Waals surface area contributed by atoms with Crippen LogP contribution in [0.2, 0.25) is 0 Å². The van der Waals surface area contributed by atoms with Crippen molar-refractivity contribution in [3.63, 3.8) is 0 Å². The normalized spacial score (nSPS) is 19.8. The Morgan fingerprint density at radius 1 is 1.44 bits per heavy atom. The number of carbonyl (C=O) groups excluding carboxylic acids is 2. The van der Waals surface area contributed by atoms with Gasteiger partial charge in [-0.25, -0.2) is 13.2 Å². The molecule has 0 aromatic heterocycles. The van der Waals surface area contributed by atoms with E-state index in [1.54, 1.807) is 24.3 Å². The number of benzene rings is 1. The second kappa shape index (κ2) is 8.53. The molecule has 1 saturated heterocycles. The fourth-order valence-corrected chi connectivity index (χ4v) is 5.98. The Balaban J connectivity index is 2.05. The zero-order chi connectivity index (χ0) is 18.4. The number of hydrogen-bond donors (Lipinski definition) is 1. The Labute approximate surface area is 151 Å². The molecule has 1 amide bonds. The van der Waals surface area contributed by atoms with Gasteiger partial charge in [-0.3, -0.25) is 4.79 Å². The fraction of sp³-hybridized carbons (Fsp3) is 0.412. The summed E-state index contributed by atoms with van der Waals surface area (Å²) in [4.78, 5) is 24.9. The van der Waals surface area contributed by atoms with E-state index in [0.29, 0.717) is 23.4 Å². The fourth-order valence-electron chi connectivity index (χ4n) is 2.37. The predicted octanol–water partition coefficient (Wildman–Crippen LogP) is 1.81. The van der Waals surface area contributed by atoms with Crippen molar-refractivity contribution in [3.8, 4) is 0 Å². The van der Waals surface area contributed by atoms with E-state index in [9.17, 15) is 18.0 Å². The Morgan fingerprint density at radius 2 is 2.16 bits per heavy atom. The molecular weight excluding hydrogens is 362 g/mol. The molecule has 6 nitrogen and oxygen atoms in total. The summed E-state index contributed by atoms with van der Waals surface area (Å²) in [5.41, 5.74) is 0.333. The van der Waals surface area contributed by atoms with E-state index < -0.39 is 27.8 Å². The SMILES string of the molecule is C=CCNC(=O)[C@H](C)OC(=O)c1ccccc1S[C@@H]1CCS(=O)(=O)C1. The molecule has 1 heterocycles. The molecule has 25 heavy (non-hydrogen) atoms. The smallest absolute Gasteiger partial charge is 0.340 e. The molecule has 1 aromatic rings. The molecule has 1 aliphatic heterocycles. The van der Waals surface area contributed by atoms with Gasteiger partial charge in [-0.2, -0.15) is 0 Å². The third-order valence-electron chi connectivity index (χ3n) is 3.66. The van der Waals surface area contributed by atoms with Crippen LogP contribution >= 0.6 is 11.8 Å². The third-order valence-corrected chi connectivity index (χ3v) is 6.99. The van der Waals surface area contributed by atoms with Crippen molar-refractivity contribution in [2.24, 2.45) is 0 Å². The van der Waals surface area contributed by atoms with E-state index in [1.165, 1.54) is 24.8 Å². The van der Waals surface area contributed by atoms with Crippen molar-refractivity contribution in [1.29, 1.82) is 0 Å². The maximum absolute atomic E-state index is 12.4. The van der Waals surface area contributed by atoms with Crippen molar-refractivity contribution in [1.82, 2.24) is 5.32 Å². The number of nitrogens with one attached hydrogen (secondary N) is 1. The van der Waals surface area contributed by atoms with Crippen LogP contribution in [0, 0.1) is 0 Å². The standard InChI is InChI=1S/C17H21NO5S2/c1-3-9-18-16(19)12(2)23-17(20)14-6-4-5-7-15(14)24-13-8-10-25(21,22)11-13/h3-7,12-13H,1,8-11H2,2H3,(H,18,19)/t12-,13+/m0/s1. The molecule has 0 spiro atoms. The number of esters is 1. The molecule has 2 rings (SSSR count). The van der Waals surface area contributed by atoms with Gasteiger partial charge in [0.05, 0.1) is 17.1 Å². The number of ether oxygens (including phenoxy) is 1. The zero-order valence-electron chi connectivity index (χ0n) is 13.9. The number of thioether (sulfide) groups is 1. The van der Waals surface area contributed by atoms with E-state index in [2.05, 4.69) is 11.9 Å². The van der Waals surface area contributed by atoms with Crippen LogP contribution in [0.1, 0.15) is 23.7 Å². The van der Waals surface area contributed by atoms with Crippen molar-refractivity contribution in [2.45, 2.75) is 29.6 Å². The monoisotopic (exact) mass is 383 g/mol. The molecule has 0 radical (unpaired) electrons. The molecule has 0 saturated carbocycles. The summed E-state index contributed by atoms with van der Waals surface area (Å²) in [6.07, 6.45) is 1.17. The first-order chi connectivity index (χ1) is 11.8. The third kappa shape index (κ3) is 5.61. The van der Waals surface area contributed by atoms with Crippen LogP contribution in [-0.2, 0) is 19.4 Å². The van der Waals surface area contributed by atoms with Crippen LogP contribution in [0.5, 0.6) is 0 Å². The minimum absolute atomic E-state index is 0.0766. The van der Waals surface area contributed by atoms with Gasteiger partial charge >= 0.3 is 5.97 Å². The molecule has 1 aromatic carbocycles. The second-order valence-electron chi connectivity index (χ2n) is 5.72. The van der Waals surface area contributed by atoms with E-state index >= 15 is 0 Å². The van der Waals surface area contributed by atoms with Gasteiger partial charge in [0, 0.05) is 16.7 Å². The summed E-state index contributed by atoms with van der Waals surface area (Å²) in [6, 6.07) is 6.86. The zero-order valence-corrected chi connectivity index (χ0v) is 15.6. The summed E-state index contributed by atoms with van der Waals surface area (Å²) < 4.78 is 28.4. The van der Waals surface area contributed by atoms with Gasteiger partial charge in [0.1, 0.15) is 0 Å². The second-order valence-corrected chi connectivity index (χ2v) is 9.29. The summed E-state index contributed by atoms with van der Waals surface area (Å²) >= 11 is 1.36. The number of rotatable bonds is 7. The maximum atomic E-state index is 12.4. The van der Waals surface area contributed by atoms with Gasteiger partial charge < -0.3 is 10.1 Å². The first-order valence-corrected chi connectivity index (χ1v) is 10.6. The molecule has 1 aliphatic rings. The van der Waals surface area contributed by atoms with Crippen LogP contribution in [0.25, 0.3) is 0 Å². The van der Waals surface area contributed by atoms with Gasteiger partial charge in [-0.1, -0.05) is 18.2 Å². The lowest BCUT2D eigenvalue weighted by Crippen LogP contribution is -2.35. The number of carbonyl (C=O) groups is 2. The highest BCUT2D eigenvalue weighted by Gasteiger charge is 2.30. The number of hydrogen-bond acceptors (Lipinski definition) is 6. The Hall–Kier alpha value is -1.80. The average Bonchev–Trinajstić information content (AvgIpc) is 2.91. The summed E-state index contributed by atoms with van der Waals surface area (Å²) in [6.45, 7) is 5.29. The van der Waals surface area contributed by atoms with Crippen LogP contribution in [-0.4, -0.2) is 49.7 Å².